The van der Waals surface area contributed by atoms with Crippen LogP contribution >= 0.6 is 11.6 Å². The van der Waals surface area contributed by atoms with Crippen LogP contribution in [-0.4, -0.2) is 39.4 Å². The van der Waals surface area contributed by atoms with Gasteiger partial charge in [0.2, 0.25) is 5.91 Å². The molecule has 1 amide bonds. The number of alkyl halides is 1. The molecule has 0 aliphatic heterocycles. The standard InChI is InChI=1S/C22H24ClN3O3/c1-4-25(20(27)14-23)15(3)21-24-19-9-7-6-8-18(19)22(28)26(21)16-10-12-17(13-11-16)29-5-2/h6-13,15H,4-5,14H2,1-3H3. The number of carbonyl (C=O) groups is 1. The van der Waals surface area contributed by atoms with Crippen LogP contribution < -0.4 is 10.3 Å². The Kier molecular flexibility index (Phi) is 6.54. The van der Waals surface area contributed by atoms with E-state index in [-0.39, 0.29) is 17.3 Å². The molecule has 1 unspecified atom stereocenters. The molecule has 0 N–H and O–H groups in total. The van der Waals surface area contributed by atoms with Crippen LogP contribution in [0.5, 0.6) is 5.75 Å². The van der Waals surface area contributed by atoms with E-state index in [1.807, 2.05) is 57.2 Å². The Labute approximate surface area is 174 Å². The van der Waals surface area contributed by atoms with Gasteiger partial charge in [-0.05, 0) is 57.2 Å². The fraction of sp³-hybridized carbons (Fsp3) is 0.318. The first-order chi connectivity index (χ1) is 14.0. The van der Waals surface area contributed by atoms with E-state index in [2.05, 4.69) is 0 Å². The number of aromatic nitrogens is 2. The van der Waals surface area contributed by atoms with Gasteiger partial charge in [0.15, 0.2) is 0 Å². The second-order valence-electron chi connectivity index (χ2n) is 6.54. The Hall–Kier alpha value is -2.86. The molecule has 2 aromatic carbocycles. The van der Waals surface area contributed by atoms with E-state index in [1.165, 1.54) is 0 Å². The van der Waals surface area contributed by atoms with Crippen molar-refractivity contribution in [3.8, 4) is 11.4 Å². The molecule has 0 saturated carbocycles. The van der Waals surface area contributed by atoms with Gasteiger partial charge in [0, 0.05) is 6.54 Å². The molecule has 1 aromatic heterocycles. The monoisotopic (exact) mass is 413 g/mol. The Bertz CT molecular complexity index is 1060. The summed E-state index contributed by atoms with van der Waals surface area (Å²) < 4.78 is 7.07. The number of hydrogen-bond acceptors (Lipinski definition) is 4. The van der Waals surface area contributed by atoms with Crippen molar-refractivity contribution < 1.29 is 9.53 Å². The lowest BCUT2D eigenvalue weighted by Crippen LogP contribution is -2.38. The summed E-state index contributed by atoms with van der Waals surface area (Å²) >= 11 is 5.79. The molecule has 0 radical (unpaired) electrons. The third-order valence-corrected chi connectivity index (χ3v) is 5.05. The van der Waals surface area contributed by atoms with Crippen molar-refractivity contribution >= 4 is 28.4 Å². The van der Waals surface area contributed by atoms with Crippen LogP contribution in [0.1, 0.15) is 32.6 Å². The van der Waals surface area contributed by atoms with Crippen molar-refractivity contribution in [3.63, 3.8) is 0 Å². The summed E-state index contributed by atoms with van der Waals surface area (Å²) in [6.07, 6.45) is 0. The van der Waals surface area contributed by atoms with Gasteiger partial charge < -0.3 is 9.64 Å². The number of amides is 1. The Morgan fingerprint density at radius 2 is 1.86 bits per heavy atom. The van der Waals surface area contributed by atoms with Crippen molar-refractivity contribution in [1.29, 1.82) is 0 Å². The molecule has 0 bridgehead atoms. The zero-order chi connectivity index (χ0) is 21.0. The maximum Gasteiger partial charge on any atom is 0.266 e. The third kappa shape index (κ3) is 4.12. The highest BCUT2D eigenvalue weighted by molar-refractivity contribution is 6.27. The van der Waals surface area contributed by atoms with Gasteiger partial charge in [0.25, 0.3) is 5.56 Å². The second-order valence-corrected chi connectivity index (χ2v) is 6.81. The lowest BCUT2D eigenvalue weighted by Gasteiger charge is -2.29. The molecule has 6 nitrogen and oxygen atoms in total. The van der Waals surface area contributed by atoms with Gasteiger partial charge in [0.05, 0.1) is 29.2 Å². The molecule has 0 aliphatic carbocycles. The first-order valence-electron chi connectivity index (χ1n) is 9.62. The molecule has 0 saturated heterocycles. The molecule has 29 heavy (non-hydrogen) atoms. The zero-order valence-electron chi connectivity index (χ0n) is 16.8. The number of ether oxygens (including phenoxy) is 1. The van der Waals surface area contributed by atoms with Gasteiger partial charge in [-0.3, -0.25) is 14.2 Å². The minimum absolute atomic E-state index is 0.126. The molecule has 3 aromatic rings. The van der Waals surface area contributed by atoms with E-state index in [1.54, 1.807) is 21.6 Å². The highest BCUT2D eigenvalue weighted by Crippen LogP contribution is 2.24. The fourth-order valence-electron chi connectivity index (χ4n) is 3.42. The average Bonchev–Trinajstić information content (AvgIpc) is 2.75. The number of para-hydroxylation sites is 1. The maximum atomic E-state index is 13.4. The predicted molar refractivity (Wildman–Crippen MR) is 115 cm³/mol. The van der Waals surface area contributed by atoms with Crippen molar-refractivity contribution in [3.05, 3.63) is 64.7 Å². The number of hydrogen-bond donors (Lipinski definition) is 0. The van der Waals surface area contributed by atoms with Crippen molar-refractivity contribution in [2.45, 2.75) is 26.8 Å². The van der Waals surface area contributed by atoms with E-state index >= 15 is 0 Å². The van der Waals surface area contributed by atoms with E-state index in [4.69, 9.17) is 21.3 Å². The molecular weight excluding hydrogens is 390 g/mol. The summed E-state index contributed by atoms with van der Waals surface area (Å²) in [5.74, 6) is 0.875. The number of fused-ring (bicyclic) bond motifs is 1. The van der Waals surface area contributed by atoms with Crippen LogP contribution in [0.2, 0.25) is 0 Å². The normalized spacial score (nSPS) is 12.0. The summed E-state index contributed by atoms with van der Waals surface area (Å²) in [7, 11) is 0. The highest BCUT2D eigenvalue weighted by atomic mass is 35.5. The Morgan fingerprint density at radius 3 is 2.48 bits per heavy atom. The number of benzene rings is 2. The summed E-state index contributed by atoms with van der Waals surface area (Å²) in [6.45, 7) is 6.67. The van der Waals surface area contributed by atoms with Crippen LogP contribution in [0.25, 0.3) is 16.6 Å². The maximum absolute atomic E-state index is 13.4. The second kappa shape index (κ2) is 9.09. The van der Waals surface area contributed by atoms with Gasteiger partial charge in [-0.25, -0.2) is 4.98 Å². The van der Waals surface area contributed by atoms with Gasteiger partial charge in [0.1, 0.15) is 17.5 Å². The SMILES string of the molecule is CCOc1ccc(-n2c(C(C)N(CC)C(=O)CCl)nc3ccccc3c2=O)cc1. The lowest BCUT2D eigenvalue weighted by atomic mass is 10.2. The summed E-state index contributed by atoms with van der Waals surface area (Å²) in [5.41, 5.74) is 1.07. The topological polar surface area (TPSA) is 64.4 Å². The number of nitrogens with zero attached hydrogens (tertiary/aromatic N) is 3. The van der Waals surface area contributed by atoms with Gasteiger partial charge in [-0.1, -0.05) is 12.1 Å². The van der Waals surface area contributed by atoms with Gasteiger partial charge >= 0.3 is 0 Å². The van der Waals surface area contributed by atoms with Crippen molar-refractivity contribution in [1.82, 2.24) is 14.5 Å². The first kappa shape index (κ1) is 20.9. The lowest BCUT2D eigenvalue weighted by molar-refractivity contribution is -0.130. The highest BCUT2D eigenvalue weighted by Gasteiger charge is 2.25. The van der Waals surface area contributed by atoms with Gasteiger partial charge in [-0.15, -0.1) is 11.6 Å². The van der Waals surface area contributed by atoms with Gasteiger partial charge in [-0.2, -0.15) is 0 Å². The molecule has 1 atom stereocenters. The molecule has 7 heteroatoms. The van der Waals surface area contributed by atoms with Crippen LogP contribution in [0.3, 0.4) is 0 Å². The van der Waals surface area contributed by atoms with Crippen LogP contribution in [0.15, 0.2) is 53.3 Å². The fourth-order valence-corrected chi connectivity index (χ4v) is 3.57. The molecule has 152 valence electrons. The average molecular weight is 414 g/mol. The Balaban J connectivity index is 2.23. The van der Waals surface area contributed by atoms with E-state index in [0.29, 0.717) is 35.6 Å². The van der Waals surface area contributed by atoms with Crippen LogP contribution in [0, 0.1) is 0 Å². The smallest absolute Gasteiger partial charge is 0.266 e. The molecular formula is C22H24ClN3O3. The van der Waals surface area contributed by atoms with Crippen LogP contribution in [-0.2, 0) is 4.79 Å². The van der Waals surface area contributed by atoms with Crippen LogP contribution in [0.4, 0.5) is 0 Å². The quantitative estimate of drug-likeness (QED) is 0.550. The van der Waals surface area contributed by atoms with Crippen molar-refractivity contribution in [2.75, 3.05) is 19.0 Å². The molecule has 1 heterocycles. The van der Waals surface area contributed by atoms with E-state index < -0.39 is 6.04 Å². The van der Waals surface area contributed by atoms with E-state index in [9.17, 15) is 9.59 Å². The third-order valence-electron chi connectivity index (χ3n) is 4.82. The minimum Gasteiger partial charge on any atom is -0.494 e. The number of carbonyl (C=O) groups excluding carboxylic acids is 1. The summed E-state index contributed by atoms with van der Waals surface area (Å²) in [4.78, 5) is 32.1. The largest absolute Gasteiger partial charge is 0.494 e. The summed E-state index contributed by atoms with van der Waals surface area (Å²) in [5, 5.41) is 0.518. The molecule has 0 fully saturated rings. The molecule has 0 aliphatic rings. The molecule has 0 spiro atoms. The minimum atomic E-state index is -0.435. The number of halogens is 1. The van der Waals surface area contributed by atoms with Crippen molar-refractivity contribution in [2.24, 2.45) is 0 Å². The predicted octanol–water partition coefficient (Wildman–Crippen LogP) is 3.93. The zero-order valence-corrected chi connectivity index (χ0v) is 17.5. The number of rotatable bonds is 7. The van der Waals surface area contributed by atoms with E-state index in [0.717, 1.165) is 5.75 Å². The summed E-state index contributed by atoms with van der Waals surface area (Å²) in [6, 6.07) is 14.0. The first-order valence-corrected chi connectivity index (χ1v) is 10.2. The Morgan fingerprint density at radius 1 is 1.17 bits per heavy atom. The molecule has 3 rings (SSSR count).